The average Bonchev–Trinajstić information content (AvgIpc) is 2.79. The highest BCUT2D eigenvalue weighted by atomic mass is 79.9. The lowest BCUT2D eigenvalue weighted by atomic mass is 10.2. The van der Waals surface area contributed by atoms with Crippen molar-refractivity contribution in [1.82, 2.24) is 10.9 Å². The Labute approximate surface area is 158 Å². The zero-order valence-corrected chi connectivity index (χ0v) is 15.3. The average molecular weight is 418 g/mol. The van der Waals surface area contributed by atoms with E-state index < -0.39 is 11.8 Å². The predicted molar refractivity (Wildman–Crippen MR) is 98.7 cm³/mol. The molecule has 0 aromatic heterocycles. The summed E-state index contributed by atoms with van der Waals surface area (Å²) >= 11 is 3.28. The summed E-state index contributed by atoms with van der Waals surface area (Å²) in [6.07, 6.45) is 0.172. The molecule has 2 aromatic rings. The number of rotatable bonds is 3. The summed E-state index contributed by atoms with van der Waals surface area (Å²) in [5.74, 6) is -0.655. The van der Waals surface area contributed by atoms with Gasteiger partial charge in [-0.2, -0.15) is 0 Å². The van der Waals surface area contributed by atoms with Crippen LogP contribution in [0.4, 0.5) is 5.69 Å². The zero-order chi connectivity index (χ0) is 18.5. The SMILES string of the molecule is O=C(CN1C(=O)CCOc2ccccc21)NNC(=O)c1ccccc1Br. The van der Waals surface area contributed by atoms with Crippen LogP contribution in [-0.2, 0) is 9.59 Å². The molecule has 3 amide bonds. The first-order chi connectivity index (χ1) is 12.6. The number of hydrogen-bond donors (Lipinski definition) is 2. The summed E-state index contributed by atoms with van der Waals surface area (Å²) in [7, 11) is 0. The van der Waals surface area contributed by atoms with E-state index in [0.29, 0.717) is 21.5 Å². The number of fused-ring (bicyclic) bond motifs is 1. The van der Waals surface area contributed by atoms with Crippen molar-refractivity contribution in [2.75, 3.05) is 18.1 Å². The number of ether oxygens (including phenoxy) is 1. The second-order valence-electron chi connectivity index (χ2n) is 5.53. The van der Waals surface area contributed by atoms with Crippen LogP contribution in [0.2, 0.25) is 0 Å². The van der Waals surface area contributed by atoms with Crippen LogP contribution in [0.25, 0.3) is 0 Å². The van der Waals surface area contributed by atoms with Crippen LogP contribution in [0.1, 0.15) is 16.8 Å². The van der Waals surface area contributed by atoms with Gasteiger partial charge in [0.1, 0.15) is 12.3 Å². The third-order valence-electron chi connectivity index (χ3n) is 3.77. The van der Waals surface area contributed by atoms with Crippen molar-refractivity contribution in [3.05, 3.63) is 58.6 Å². The number of halogens is 1. The van der Waals surface area contributed by atoms with Crippen molar-refractivity contribution in [2.24, 2.45) is 0 Å². The Morgan fingerprint density at radius 1 is 1.08 bits per heavy atom. The molecule has 0 unspecified atom stereocenters. The number of para-hydroxylation sites is 2. The quantitative estimate of drug-likeness (QED) is 0.747. The maximum Gasteiger partial charge on any atom is 0.270 e. The summed E-state index contributed by atoms with van der Waals surface area (Å²) in [4.78, 5) is 38.0. The lowest BCUT2D eigenvalue weighted by Gasteiger charge is -2.21. The van der Waals surface area contributed by atoms with Gasteiger partial charge in [0.15, 0.2) is 0 Å². The Morgan fingerprint density at radius 2 is 1.81 bits per heavy atom. The molecule has 1 aliphatic rings. The number of hydrogen-bond acceptors (Lipinski definition) is 4. The van der Waals surface area contributed by atoms with E-state index in [4.69, 9.17) is 4.74 Å². The Morgan fingerprint density at radius 3 is 2.62 bits per heavy atom. The molecule has 3 rings (SSSR count). The number of anilines is 1. The molecule has 2 N–H and O–H groups in total. The summed E-state index contributed by atoms with van der Waals surface area (Å²) in [5.41, 5.74) is 5.60. The van der Waals surface area contributed by atoms with Gasteiger partial charge in [0.2, 0.25) is 5.91 Å². The van der Waals surface area contributed by atoms with E-state index >= 15 is 0 Å². The first-order valence-corrected chi connectivity index (χ1v) is 8.71. The van der Waals surface area contributed by atoms with E-state index in [1.807, 2.05) is 0 Å². The fourth-order valence-corrected chi connectivity index (χ4v) is 2.98. The van der Waals surface area contributed by atoms with Gasteiger partial charge in [0, 0.05) is 4.47 Å². The second-order valence-corrected chi connectivity index (χ2v) is 6.38. The van der Waals surface area contributed by atoms with Crippen LogP contribution in [0.15, 0.2) is 53.0 Å². The molecule has 0 aliphatic carbocycles. The second kappa shape index (κ2) is 8.01. The highest BCUT2D eigenvalue weighted by Gasteiger charge is 2.25. The topological polar surface area (TPSA) is 87.7 Å². The number of carbonyl (C=O) groups excluding carboxylic acids is 3. The van der Waals surface area contributed by atoms with E-state index in [-0.39, 0.29) is 25.5 Å². The fraction of sp³-hybridized carbons (Fsp3) is 0.167. The molecule has 0 fully saturated rings. The summed E-state index contributed by atoms with van der Waals surface area (Å²) < 4.78 is 6.14. The van der Waals surface area contributed by atoms with Crippen LogP contribution < -0.4 is 20.5 Å². The molecule has 8 heteroatoms. The Hall–Kier alpha value is -2.87. The molecular weight excluding hydrogens is 402 g/mol. The molecule has 1 heterocycles. The standard InChI is InChI=1S/C18H16BrN3O4/c19-13-6-2-1-5-12(13)18(25)21-20-16(23)11-22-14-7-3-4-8-15(14)26-10-9-17(22)24/h1-8H,9-11H2,(H,20,23)(H,21,25). The van der Waals surface area contributed by atoms with Gasteiger partial charge in [-0.15, -0.1) is 0 Å². The van der Waals surface area contributed by atoms with Gasteiger partial charge in [-0.1, -0.05) is 24.3 Å². The smallest absolute Gasteiger partial charge is 0.270 e. The molecule has 1 aliphatic heterocycles. The maximum atomic E-state index is 12.3. The number of nitrogens with one attached hydrogen (secondary N) is 2. The van der Waals surface area contributed by atoms with Crippen molar-refractivity contribution in [1.29, 1.82) is 0 Å². The summed E-state index contributed by atoms with van der Waals surface area (Å²) in [6, 6.07) is 13.9. The molecule has 2 aromatic carbocycles. The Bertz CT molecular complexity index is 856. The van der Waals surface area contributed by atoms with Crippen molar-refractivity contribution in [3.8, 4) is 5.75 Å². The molecule has 0 saturated carbocycles. The van der Waals surface area contributed by atoms with Crippen molar-refractivity contribution in [2.45, 2.75) is 6.42 Å². The highest BCUT2D eigenvalue weighted by Crippen LogP contribution is 2.30. The lowest BCUT2D eigenvalue weighted by molar-refractivity contribution is -0.124. The molecule has 134 valence electrons. The van der Waals surface area contributed by atoms with Crippen LogP contribution >= 0.6 is 15.9 Å². The minimum atomic E-state index is -0.518. The Kier molecular flexibility index (Phi) is 5.52. The van der Waals surface area contributed by atoms with Crippen LogP contribution in [0, 0.1) is 0 Å². The van der Waals surface area contributed by atoms with Gasteiger partial charge in [0.25, 0.3) is 11.8 Å². The lowest BCUT2D eigenvalue weighted by Crippen LogP contribution is -2.47. The van der Waals surface area contributed by atoms with Crippen molar-refractivity contribution < 1.29 is 19.1 Å². The molecule has 0 bridgehead atoms. The molecular formula is C18H16BrN3O4. The number of hydrazine groups is 1. The van der Waals surface area contributed by atoms with Crippen LogP contribution in [-0.4, -0.2) is 30.9 Å². The molecule has 7 nitrogen and oxygen atoms in total. The van der Waals surface area contributed by atoms with E-state index in [1.165, 1.54) is 4.90 Å². The zero-order valence-electron chi connectivity index (χ0n) is 13.7. The van der Waals surface area contributed by atoms with Crippen LogP contribution in [0.3, 0.4) is 0 Å². The van der Waals surface area contributed by atoms with E-state index in [2.05, 4.69) is 26.8 Å². The summed E-state index contributed by atoms with van der Waals surface area (Å²) in [6.45, 7) is 0.0299. The number of nitrogens with zero attached hydrogens (tertiary/aromatic N) is 1. The molecule has 0 spiro atoms. The number of carbonyl (C=O) groups is 3. The number of amides is 3. The van der Waals surface area contributed by atoms with Gasteiger partial charge in [0.05, 0.1) is 24.3 Å². The minimum Gasteiger partial charge on any atom is -0.491 e. The van der Waals surface area contributed by atoms with Crippen molar-refractivity contribution in [3.63, 3.8) is 0 Å². The molecule has 26 heavy (non-hydrogen) atoms. The largest absolute Gasteiger partial charge is 0.491 e. The monoisotopic (exact) mass is 417 g/mol. The first-order valence-electron chi connectivity index (χ1n) is 7.92. The van der Waals surface area contributed by atoms with Gasteiger partial charge >= 0.3 is 0 Å². The molecule has 0 radical (unpaired) electrons. The van der Waals surface area contributed by atoms with Gasteiger partial charge in [-0.3, -0.25) is 30.1 Å². The van der Waals surface area contributed by atoms with E-state index in [9.17, 15) is 14.4 Å². The van der Waals surface area contributed by atoms with Crippen molar-refractivity contribution >= 4 is 39.3 Å². The molecule has 0 saturated heterocycles. The third kappa shape index (κ3) is 4.02. The van der Waals surface area contributed by atoms with E-state index in [1.54, 1.807) is 48.5 Å². The molecule has 0 atom stereocenters. The normalized spacial score (nSPS) is 13.3. The third-order valence-corrected chi connectivity index (χ3v) is 4.46. The number of benzene rings is 2. The predicted octanol–water partition coefficient (Wildman–Crippen LogP) is 2.03. The minimum absolute atomic E-state index is 0.172. The van der Waals surface area contributed by atoms with Gasteiger partial charge < -0.3 is 4.74 Å². The highest BCUT2D eigenvalue weighted by molar-refractivity contribution is 9.10. The van der Waals surface area contributed by atoms with Gasteiger partial charge in [-0.05, 0) is 40.2 Å². The van der Waals surface area contributed by atoms with E-state index in [0.717, 1.165) is 0 Å². The van der Waals surface area contributed by atoms with Gasteiger partial charge in [-0.25, -0.2) is 0 Å². The Balaban J connectivity index is 1.65. The summed E-state index contributed by atoms with van der Waals surface area (Å²) in [5, 5.41) is 0. The first kappa shape index (κ1) is 17.9. The maximum absolute atomic E-state index is 12.3. The van der Waals surface area contributed by atoms with Crippen LogP contribution in [0.5, 0.6) is 5.75 Å². The fourth-order valence-electron chi connectivity index (χ4n) is 2.52.